The number of rotatable bonds is 2. The molecule has 86 valence electrons. The van der Waals surface area contributed by atoms with Crippen LogP contribution in [-0.4, -0.2) is 23.3 Å². The Morgan fingerprint density at radius 3 is 2.94 bits per heavy atom. The topological polar surface area (TPSA) is 20.3 Å². The van der Waals surface area contributed by atoms with Crippen molar-refractivity contribution in [2.75, 3.05) is 6.54 Å². The first-order valence-electron chi connectivity index (χ1n) is 5.96. The lowest BCUT2D eigenvalue weighted by molar-refractivity contribution is -0.123. The number of carbonyl (C=O) groups excluding carboxylic acids is 1. The van der Waals surface area contributed by atoms with Gasteiger partial charge in [-0.05, 0) is 19.4 Å². The highest BCUT2D eigenvalue weighted by molar-refractivity contribution is 5.79. The molecule has 1 aliphatic rings. The number of aryl methyl sites for hydroxylation is 1. The Bertz CT molecular complexity index is 386. The number of Topliss-reactive ketones (excluding diaryl/α,β-unsaturated/α-hetero) is 1. The smallest absolute Gasteiger partial charge is 0.135 e. The maximum absolute atomic E-state index is 11.3. The summed E-state index contributed by atoms with van der Waals surface area (Å²) in [5.41, 5.74) is 2.65. The molecule has 1 aromatic rings. The molecule has 0 aromatic heterocycles. The van der Waals surface area contributed by atoms with Crippen molar-refractivity contribution in [1.82, 2.24) is 4.90 Å². The molecule has 1 saturated heterocycles. The first kappa shape index (κ1) is 11.3. The van der Waals surface area contributed by atoms with Crippen LogP contribution >= 0.6 is 0 Å². The third-order valence-corrected chi connectivity index (χ3v) is 3.29. The summed E-state index contributed by atoms with van der Waals surface area (Å²) in [4.78, 5) is 13.7. The van der Waals surface area contributed by atoms with Crippen LogP contribution in [0.2, 0.25) is 0 Å². The van der Waals surface area contributed by atoms with Crippen LogP contribution in [0.15, 0.2) is 24.3 Å². The second-order valence-corrected chi connectivity index (χ2v) is 4.80. The first-order chi connectivity index (χ1) is 7.65. The number of nitrogens with zero attached hydrogens (tertiary/aromatic N) is 1. The zero-order chi connectivity index (χ0) is 11.5. The number of hydrogen-bond acceptors (Lipinski definition) is 2. The van der Waals surface area contributed by atoms with Gasteiger partial charge in [0.15, 0.2) is 0 Å². The van der Waals surface area contributed by atoms with Crippen LogP contribution in [0.3, 0.4) is 0 Å². The van der Waals surface area contributed by atoms with Crippen molar-refractivity contribution in [2.24, 2.45) is 0 Å². The van der Waals surface area contributed by atoms with Crippen molar-refractivity contribution in [3.63, 3.8) is 0 Å². The van der Waals surface area contributed by atoms with Crippen LogP contribution in [-0.2, 0) is 11.3 Å². The highest BCUT2D eigenvalue weighted by atomic mass is 16.1. The standard InChI is InChI=1S/C14H19NO/c1-11-4-3-5-13(8-11)10-15-7-6-14(16)9-12(15)2/h3-5,8,12H,6-7,9-10H2,1-2H3. The second-order valence-electron chi connectivity index (χ2n) is 4.80. The van der Waals surface area contributed by atoms with Crippen molar-refractivity contribution < 1.29 is 4.79 Å². The molecular weight excluding hydrogens is 198 g/mol. The third kappa shape index (κ3) is 2.70. The average Bonchev–Trinajstić information content (AvgIpc) is 2.22. The van der Waals surface area contributed by atoms with Gasteiger partial charge in [0, 0.05) is 32.0 Å². The van der Waals surface area contributed by atoms with E-state index < -0.39 is 0 Å². The van der Waals surface area contributed by atoms with Gasteiger partial charge in [-0.25, -0.2) is 0 Å². The number of benzene rings is 1. The Hall–Kier alpha value is -1.15. The number of hydrogen-bond donors (Lipinski definition) is 0. The van der Waals surface area contributed by atoms with Crippen molar-refractivity contribution in [2.45, 2.75) is 39.3 Å². The maximum atomic E-state index is 11.3. The Kier molecular flexibility index (Phi) is 3.39. The Morgan fingerprint density at radius 1 is 1.44 bits per heavy atom. The molecule has 0 aliphatic carbocycles. The van der Waals surface area contributed by atoms with Crippen LogP contribution in [0.4, 0.5) is 0 Å². The molecule has 0 radical (unpaired) electrons. The van der Waals surface area contributed by atoms with E-state index in [-0.39, 0.29) is 0 Å². The van der Waals surface area contributed by atoms with E-state index in [2.05, 4.69) is 43.0 Å². The van der Waals surface area contributed by atoms with Gasteiger partial charge < -0.3 is 0 Å². The lowest BCUT2D eigenvalue weighted by atomic mass is 10.0. The van der Waals surface area contributed by atoms with E-state index in [1.807, 2.05) is 0 Å². The van der Waals surface area contributed by atoms with Gasteiger partial charge in [-0.15, -0.1) is 0 Å². The van der Waals surface area contributed by atoms with E-state index >= 15 is 0 Å². The summed E-state index contributed by atoms with van der Waals surface area (Å²) in [5, 5.41) is 0. The van der Waals surface area contributed by atoms with Crippen LogP contribution in [0.25, 0.3) is 0 Å². The molecule has 0 bridgehead atoms. The molecule has 0 spiro atoms. The summed E-state index contributed by atoms with van der Waals surface area (Å²) in [5.74, 6) is 0.410. The molecule has 1 heterocycles. The van der Waals surface area contributed by atoms with E-state index in [1.54, 1.807) is 0 Å². The van der Waals surface area contributed by atoms with E-state index in [0.717, 1.165) is 19.5 Å². The quantitative estimate of drug-likeness (QED) is 0.758. The summed E-state index contributed by atoms with van der Waals surface area (Å²) in [6.07, 6.45) is 1.43. The average molecular weight is 217 g/mol. The molecule has 0 amide bonds. The van der Waals surface area contributed by atoms with Gasteiger partial charge in [-0.2, -0.15) is 0 Å². The normalized spacial score (nSPS) is 22.4. The molecule has 0 saturated carbocycles. The van der Waals surface area contributed by atoms with Crippen molar-refractivity contribution >= 4 is 5.78 Å². The van der Waals surface area contributed by atoms with Gasteiger partial charge >= 0.3 is 0 Å². The van der Waals surface area contributed by atoms with E-state index in [1.165, 1.54) is 11.1 Å². The van der Waals surface area contributed by atoms with Crippen LogP contribution in [0.5, 0.6) is 0 Å². The van der Waals surface area contributed by atoms with Crippen LogP contribution in [0.1, 0.15) is 30.9 Å². The van der Waals surface area contributed by atoms with Crippen molar-refractivity contribution in [1.29, 1.82) is 0 Å². The fraction of sp³-hybridized carbons (Fsp3) is 0.500. The Balaban J connectivity index is 2.02. The molecule has 16 heavy (non-hydrogen) atoms. The third-order valence-electron chi connectivity index (χ3n) is 3.29. The lowest BCUT2D eigenvalue weighted by Gasteiger charge is -2.32. The van der Waals surface area contributed by atoms with Gasteiger partial charge in [0.05, 0.1) is 0 Å². The predicted molar refractivity (Wildman–Crippen MR) is 65.3 cm³/mol. The number of piperidine rings is 1. The second kappa shape index (κ2) is 4.79. The highest BCUT2D eigenvalue weighted by Gasteiger charge is 2.23. The first-order valence-corrected chi connectivity index (χ1v) is 5.96. The van der Waals surface area contributed by atoms with Crippen LogP contribution in [0, 0.1) is 6.92 Å². The largest absolute Gasteiger partial charge is 0.300 e. The lowest BCUT2D eigenvalue weighted by Crippen LogP contribution is -2.40. The van der Waals surface area contributed by atoms with Gasteiger partial charge in [0.2, 0.25) is 0 Å². The molecule has 1 unspecified atom stereocenters. The number of ketones is 1. The summed E-state index contributed by atoms with van der Waals surface area (Å²) in [6, 6.07) is 9.00. The van der Waals surface area contributed by atoms with Crippen molar-refractivity contribution in [3.05, 3.63) is 35.4 Å². The zero-order valence-electron chi connectivity index (χ0n) is 10.1. The zero-order valence-corrected chi connectivity index (χ0v) is 10.1. The van der Waals surface area contributed by atoms with E-state index in [4.69, 9.17) is 0 Å². The molecule has 1 aliphatic heterocycles. The Labute approximate surface area is 97.3 Å². The SMILES string of the molecule is Cc1cccc(CN2CCC(=O)CC2C)c1. The molecule has 2 nitrogen and oxygen atoms in total. The van der Waals surface area contributed by atoms with Gasteiger partial charge in [0.25, 0.3) is 0 Å². The number of likely N-dealkylation sites (tertiary alicyclic amines) is 1. The van der Waals surface area contributed by atoms with Gasteiger partial charge in [-0.1, -0.05) is 29.8 Å². The summed E-state index contributed by atoms with van der Waals surface area (Å²) >= 11 is 0. The summed E-state index contributed by atoms with van der Waals surface area (Å²) in [6.45, 7) is 6.14. The molecule has 0 N–H and O–H groups in total. The predicted octanol–water partition coefficient (Wildman–Crippen LogP) is 2.55. The monoisotopic (exact) mass is 217 g/mol. The molecule has 2 rings (SSSR count). The fourth-order valence-electron chi connectivity index (χ4n) is 2.33. The van der Waals surface area contributed by atoms with E-state index in [9.17, 15) is 4.79 Å². The minimum absolute atomic E-state index is 0.391. The maximum Gasteiger partial charge on any atom is 0.135 e. The van der Waals surface area contributed by atoms with Gasteiger partial charge in [0.1, 0.15) is 5.78 Å². The summed E-state index contributed by atoms with van der Waals surface area (Å²) < 4.78 is 0. The molecule has 1 fully saturated rings. The minimum Gasteiger partial charge on any atom is -0.300 e. The molecule has 2 heteroatoms. The minimum atomic E-state index is 0.391. The Morgan fingerprint density at radius 2 is 2.25 bits per heavy atom. The van der Waals surface area contributed by atoms with Crippen molar-refractivity contribution in [3.8, 4) is 0 Å². The molecule has 1 atom stereocenters. The van der Waals surface area contributed by atoms with E-state index in [0.29, 0.717) is 18.2 Å². The number of carbonyl (C=O) groups is 1. The molecular formula is C14H19NO. The van der Waals surface area contributed by atoms with Crippen LogP contribution < -0.4 is 0 Å². The van der Waals surface area contributed by atoms with Gasteiger partial charge in [-0.3, -0.25) is 9.69 Å². The fourth-order valence-corrected chi connectivity index (χ4v) is 2.33. The highest BCUT2D eigenvalue weighted by Crippen LogP contribution is 2.17. The molecule has 1 aromatic carbocycles. The summed E-state index contributed by atoms with van der Waals surface area (Å²) in [7, 11) is 0.